The van der Waals surface area contributed by atoms with Crippen molar-refractivity contribution >= 4 is 5.91 Å². The summed E-state index contributed by atoms with van der Waals surface area (Å²) in [6, 6.07) is 14.6. The fourth-order valence-corrected chi connectivity index (χ4v) is 4.94. The number of pyridine rings is 1. The lowest BCUT2D eigenvalue weighted by molar-refractivity contribution is -0.135. The number of rotatable bonds is 5. The van der Waals surface area contributed by atoms with Gasteiger partial charge in [-0.1, -0.05) is 36.4 Å². The van der Waals surface area contributed by atoms with Crippen LogP contribution in [0.1, 0.15) is 42.2 Å². The summed E-state index contributed by atoms with van der Waals surface area (Å²) in [6.07, 6.45) is 1.08. The number of likely N-dealkylation sites (N-methyl/N-ethyl adjacent to an activating group) is 1. The number of likely N-dealkylation sites (tertiary alicyclic amines) is 1. The topological polar surface area (TPSA) is 65.8 Å². The van der Waals surface area contributed by atoms with Crippen LogP contribution in [0.2, 0.25) is 0 Å². The van der Waals surface area contributed by atoms with Crippen LogP contribution in [0, 0.1) is 5.92 Å². The zero-order valence-corrected chi connectivity index (χ0v) is 17.1. The summed E-state index contributed by atoms with van der Waals surface area (Å²) < 4.78 is 1.73. The third-order valence-corrected chi connectivity index (χ3v) is 6.32. The molecule has 2 aliphatic rings. The van der Waals surface area contributed by atoms with Crippen LogP contribution in [0.25, 0.3) is 0 Å². The van der Waals surface area contributed by atoms with Gasteiger partial charge in [0.25, 0.3) is 5.56 Å². The van der Waals surface area contributed by atoms with E-state index in [-0.39, 0.29) is 23.3 Å². The molecule has 4 rings (SSSR count). The first-order valence-electron chi connectivity index (χ1n) is 10.3. The Kier molecular flexibility index (Phi) is 5.56. The molecule has 6 nitrogen and oxygen atoms in total. The van der Waals surface area contributed by atoms with E-state index in [1.165, 1.54) is 0 Å². The molecular formula is C23H29N3O3. The molecule has 29 heavy (non-hydrogen) atoms. The maximum Gasteiger partial charge on any atom is 0.251 e. The van der Waals surface area contributed by atoms with Gasteiger partial charge in [0.2, 0.25) is 5.91 Å². The van der Waals surface area contributed by atoms with Crippen molar-refractivity contribution in [2.24, 2.45) is 5.92 Å². The predicted octanol–water partition coefficient (Wildman–Crippen LogP) is 2.02. The van der Waals surface area contributed by atoms with Gasteiger partial charge in [-0.05, 0) is 24.5 Å². The Bertz CT molecular complexity index is 924. The quantitative estimate of drug-likeness (QED) is 0.841. The van der Waals surface area contributed by atoms with Crippen molar-refractivity contribution in [2.45, 2.75) is 30.9 Å². The van der Waals surface area contributed by atoms with Crippen LogP contribution in [-0.2, 0) is 4.79 Å². The molecule has 0 aliphatic carbocycles. The van der Waals surface area contributed by atoms with Crippen molar-refractivity contribution in [1.29, 1.82) is 0 Å². The molecule has 1 aromatic carbocycles. The van der Waals surface area contributed by atoms with Gasteiger partial charge >= 0.3 is 0 Å². The maximum absolute atomic E-state index is 13.0. The Morgan fingerprint density at radius 3 is 2.62 bits per heavy atom. The highest BCUT2D eigenvalue weighted by atomic mass is 16.3. The second-order valence-electron chi connectivity index (χ2n) is 8.50. The SMILES string of the molecule is CN(C)C(=O)[C@H]1[C@H]2C[C@H](CN(CC[C@H](O)c3ccccc3)C2)c2cccc(=O)n21. The molecule has 1 aromatic heterocycles. The van der Waals surface area contributed by atoms with E-state index in [1.807, 2.05) is 36.4 Å². The van der Waals surface area contributed by atoms with E-state index in [2.05, 4.69) is 4.90 Å². The molecule has 0 unspecified atom stereocenters. The molecular weight excluding hydrogens is 366 g/mol. The summed E-state index contributed by atoms with van der Waals surface area (Å²) >= 11 is 0. The number of aromatic nitrogens is 1. The Morgan fingerprint density at radius 1 is 1.14 bits per heavy atom. The fourth-order valence-electron chi connectivity index (χ4n) is 4.94. The number of amides is 1. The molecule has 0 saturated carbocycles. The average molecular weight is 396 g/mol. The Balaban J connectivity index is 1.55. The normalized spacial score (nSPS) is 24.6. The van der Waals surface area contributed by atoms with Crippen LogP contribution in [0.4, 0.5) is 0 Å². The van der Waals surface area contributed by atoms with Crippen molar-refractivity contribution in [1.82, 2.24) is 14.4 Å². The molecule has 2 bridgehead atoms. The lowest BCUT2D eigenvalue weighted by Gasteiger charge is -2.47. The van der Waals surface area contributed by atoms with Crippen LogP contribution >= 0.6 is 0 Å². The third kappa shape index (κ3) is 3.87. The lowest BCUT2D eigenvalue weighted by Crippen LogP contribution is -2.53. The standard InChI is InChI=1S/C23H29N3O3/c1-24(2)23(29)22-18-13-17(19-9-6-10-21(28)26(19)22)14-25(15-18)12-11-20(27)16-7-4-3-5-8-16/h3-10,17-18,20,22,27H,11-15H2,1-2H3/t17-,18+,20+,22-/m1/s1. The minimum Gasteiger partial charge on any atom is -0.388 e. The van der Waals surface area contributed by atoms with Crippen LogP contribution in [0.3, 0.4) is 0 Å². The monoisotopic (exact) mass is 395 g/mol. The molecule has 1 amide bonds. The highest BCUT2D eigenvalue weighted by molar-refractivity contribution is 5.80. The van der Waals surface area contributed by atoms with Gasteiger partial charge in [-0.3, -0.25) is 14.2 Å². The number of piperidine rings is 1. The molecule has 154 valence electrons. The second-order valence-corrected chi connectivity index (χ2v) is 8.50. The molecule has 4 atom stereocenters. The van der Waals surface area contributed by atoms with Gasteiger partial charge in [0.1, 0.15) is 6.04 Å². The van der Waals surface area contributed by atoms with E-state index < -0.39 is 12.1 Å². The highest BCUT2D eigenvalue weighted by Gasteiger charge is 2.44. The first kappa shape index (κ1) is 19.9. The van der Waals surface area contributed by atoms with Gasteiger partial charge < -0.3 is 14.9 Å². The minimum atomic E-state index is -0.493. The lowest BCUT2D eigenvalue weighted by atomic mass is 9.78. The first-order chi connectivity index (χ1) is 14.0. The van der Waals surface area contributed by atoms with Crippen LogP contribution < -0.4 is 5.56 Å². The van der Waals surface area contributed by atoms with Crippen LogP contribution in [-0.4, -0.2) is 59.1 Å². The zero-order chi connectivity index (χ0) is 20.5. The maximum atomic E-state index is 13.0. The number of aliphatic hydroxyl groups excluding tert-OH is 1. The number of hydrogen-bond donors (Lipinski definition) is 1. The van der Waals surface area contributed by atoms with Gasteiger partial charge in [0, 0.05) is 57.3 Å². The smallest absolute Gasteiger partial charge is 0.251 e. The van der Waals surface area contributed by atoms with Crippen LogP contribution in [0.5, 0.6) is 0 Å². The predicted molar refractivity (Wildman–Crippen MR) is 112 cm³/mol. The van der Waals surface area contributed by atoms with Crippen molar-refractivity contribution in [3.63, 3.8) is 0 Å². The highest BCUT2D eigenvalue weighted by Crippen LogP contribution is 2.41. The van der Waals surface area contributed by atoms with Crippen molar-refractivity contribution in [2.75, 3.05) is 33.7 Å². The van der Waals surface area contributed by atoms with Gasteiger partial charge in [0.15, 0.2) is 0 Å². The van der Waals surface area contributed by atoms with Gasteiger partial charge in [0.05, 0.1) is 6.10 Å². The van der Waals surface area contributed by atoms with Crippen molar-refractivity contribution in [3.05, 3.63) is 70.1 Å². The van der Waals surface area contributed by atoms with Gasteiger partial charge in [-0.2, -0.15) is 0 Å². The fraction of sp³-hybridized carbons (Fsp3) is 0.478. The number of benzene rings is 1. The summed E-state index contributed by atoms with van der Waals surface area (Å²) in [6.45, 7) is 2.39. The second kappa shape index (κ2) is 8.13. The van der Waals surface area contributed by atoms with E-state index in [4.69, 9.17) is 0 Å². The number of carbonyl (C=O) groups is 1. The summed E-state index contributed by atoms with van der Waals surface area (Å²) in [5.41, 5.74) is 1.80. The zero-order valence-electron chi connectivity index (χ0n) is 17.1. The third-order valence-electron chi connectivity index (χ3n) is 6.32. The van der Waals surface area contributed by atoms with Crippen molar-refractivity contribution < 1.29 is 9.90 Å². The van der Waals surface area contributed by atoms with E-state index >= 15 is 0 Å². The van der Waals surface area contributed by atoms with E-state index in [0.717, 1.165) is 37.3 Å². The first-order valence-corrected chi connectivity index (χ1v) is 10.3. The molecule has 3 heterocycles. The Morgan fingerprint density at radius 2 is 1.90 bits per heavy atom. The summed E-state index contributed by atoms with van der Waals surface area (Å²) in [4.78, 5) is 29.5. The molecule has 0 spiro atoms. The van der Waals surface area contributed by atoms with Crippen LogP contribution in [0.15, 0.2) is 53.3 Å². The molecule has 6 heteroatoms. The average Bonchev–Trinajstić information content (AvgIpc) is 2.73. The molecule has 1 fully saturated rings. The van der Waals surface area contributed by atoms with E-state index in [9.17, 15) is 14.7 Å². The summed E-state index contributed by atoms with van der Waals surface area (Å²) in [5.74, 6) is 0.321. The number of carbonyl (C=O) groups excluding carboxylic acids is 1. The molecule has 2 aliphatic heterocycles. The molecule has 2 aromatic rings. The summed E-state index contributed by atoms with van der Waals surface area (Å²) in [7, 11) is 3.50. The van der Waals surface area contributed by atoms with Crippen molar-refractivity contribution in [3.8, 4) is 0 Å². The van der Waals surface area contributed by atoms with E-state index in [1.54, 1.807) is 35.7 Å². The number of aliphatic hydroxyl groups is 1. The minimum absolute atomic E-state index is 0.0193. The molecule has 0 radical (unpaired) electrons. The molecule has 1 N–H and O–H groups in total. The number of hydrogen-bond acceptors (Lipinski definition) is 4. The van der Waals surface area contributed by atoms with Gasteiger partial charge in [-0.25, -0.2) is 0 Å². The van der Waals surface area contributed by atoms with E-state index in [0.29, 0.717) is 6.42 Å². The Labute approximate surface area is 171 Å². The number of nitrogens with zero attached hydrogens (tertiary/aromatic N) is 3. The Hall–Kier alpha value is -2.44. The largest absolute Gasteiger partial charge is 0.388 e. The van der Waals surface area contributed by atoms with Gasteiger partial charge in [-0.15, -0.1) is 0 Å². The molecule has 1 saturated heterocycles. The number of fused-ring (bicyclic) bond motifs is 4. The summed E-state index contributed by atoms with van der Waals surface area (Å²) in [5, 5.41) is 10.5.